The summed E-state index contributed by atoms with van der Waals surface area (Å²) in [6, 6.07) is 15.9. The van der Waals surface area contributed by atoms with Gasteiger partial charge in [0.25, 0.3) is 0 Å². The van der Waals surface area contributed by atoms with Crippen molar-refractivity contribution < 1.29 is 4.79 Å². The first-order valence-electron chi connectivity index (χ1n) is 6.01. The van der Waals surface area contributed by atoms with Gasteiger partial charge in [0.05, 0.1) is 0 Å². The van der Waals surface area contributed by atoms with Crippen molar-refractivity contribution in [1.82, 2.24) is 0 Å². The fraction of sp³-hybridized carbons (Fsp3) is 0. The predicted molar refractivity (Wildman–Crippen MR) is 73.1 cm³/mol. The number of hydrogen-bond acceptors (Lipinski definition) is 1. The summed E-state index contributed by atoms with van der Waals surface area (Å²) in [7, 11) is 0. The van der Waals surface area contributed by atoms with Crippen molar-refractivity contribution in [3.8, 4) is 0 Å². The molecule has 0 radical (unpaired) electrons. The highest BCUT2D eigenvalue weighted by Gasteiger charge is 2.29. The lowest BCUT2D eigenvalue weighted by Gasteiger charge is -2.15. The zero-order chi connectivity index (χ0) is 12.1. The third-order valence-electron chi connectivity index (χ3n) is 3.59. The minimum Gasteiger partial charge on any atom is -0.289 e. The van der Waals surface area contributed by atoms with Gasteiger partial charge in [-0.05, 0) is 34.4 Å². The van der Waals surface area contributed by atoms with Crippen molar-refractivity contribution in [3.63, 3.8) is 0 Å². The summed E-state index contributed by atoms with van der Waals surface area (Å²) >= 11 is 0. The van der Waals surface area contributed by atoms with Crippen LogP contribution in [0.2, 0.25) is 0 Å². The third kappa shape index (κ3) is 1.13. The molecule has 18 heavy (non-hydrogen) atoms. The van der Waals surface area contributed by atoms with Gasteiger partial charge >= 0.3 is 0 Å². The summed E-state index contributed by atoms with van der Waals surface area (Å²) in [5.41, 5.74) is 6.02. The number of rotatable bonds is 0. The molecule has 1 nitrogen and oxygen atoms in total. The lowest BCUT2D eigenvalue weighted by molar-refractivity contribution is 0.103. The van der Waals surface area contributed by atoms with Gasteiger partial charge in [-0.1, -0.05) is 48.5 Å². The number of Topliss-reactive ketones (excluding diaryl/α,β-unsaturated/α-hetero) is 1. The summed E-state index contributed by atoms with van der Waals surface area (Å²) in [5, 5.41) is 0. The van der Waals surface area contributed by atoms with Crippen LogP contribution in [0.3, 0.4) is 0 Å². The number of benzene rings is 2. The van der Waals surface area contributed by atoms with Crippen molar-refractivity contribution in [2.24, 2.45) is 0 Å². The quantitative estimate of drug-likeness (QED) is 0.672. The van der Waals surface area contributed by atoms with E-state index in [4.69, 9.17) is 0 Å². The van der Waals surface area contributed by atoms with Crippen LogP contribution >= 0.6 is 0 Å². The summed E-state index contributed by atoms with van der Waals surface area (Å²) in [5.74, 6) is 0.138. The molecule has 2 aliphatic carbocycles. The van der Waals surface area contributed by atoms with Gasteiger partial charge in [0.15, 0.2) is 5.78 Å². The maximum absolute atomic E-state index is 12.5. The molecule has 0 spiro atoms. The molecule has 0 saturated heterocycles. The molecule has 1 heteroatoms. The van der Waals surface area contributed by atoms with Crippen molar-refractivity contribution >= 4 is 23.5 Å². The monoisotopic (exact) mass is 230 g/mol. The van der Waals surface area contributed by atoms with Crippen LogP contribution in [-0.4, -0.2) is 5.78 Å². The Kier molecular flexibility index (Phi) is 1.76. The summed E-state index contributed by atoms with van der Waals surface area (Å²) in [6.45, 7) is 0. The molecular formula is C17H10O. The second-order valence-corrected chi connectivity index (χ2v) is 4.62. The van der Waals surface area contributed by atoms with Crippen LogP contribution in [0.4, 0.5) is 0 Å². The molecule has 0 aliphatic heterocycles. The minimum atomic E-state index is 0.138. The van der Waals surface area contributed by atoms with E-state index in [9.17, 15) is 4.79 Å². The molecule has 0 fully saturated rings. The predicted octanol–water partition coefficient (Wildman–Crippen LogP) is 3.82. The van der Waals surface area contributed by atoms with Crippen LogP contribution in [0, 0.1) is 0 Å². The van der Waals surface area contributed by atoms with Crippen LogP contribution in [-0.2, 0) is 0 Å². The third-order valence-corrected chi connectivity index (χ3v) is 3.59. The Morgan fingerprint density at radius 3 is 1.94 bits per heavy atom. The number of allylic oxidation sites excluding steroid dienone is 2. The highest BCUT2D eigenvalue weighted by molar-refractivity contribution is 6.30. The molecule has 0 atom stereocenters. The Balaban J connectivity index is 2.04. The van der Waals surface area contributed by atoms with E-state index < -0.39 is 0 Å². The van der Waals surface area contributed by atoms with E-state index in [2.05, 4.69) is 18.2 Å². The van der Waals surface area contributed by atoms with Crippen molar-refractivity contribution in [2.75, 3.05) is 0 Å². The number of carbonyl (C=O) groups excluding carboxylic acids is 1. The summed E-state index contributed by atoms with van der Waals surface area (Å²) < 4.78 is 0. The summed E-state index contributed by atoms with van der Waals surface area (Å²) in [6.07, 6.45) is 4.12. The van der Waals surface area contributed by atoms with Crippen molar-refractivity contribution in [2.45, 2.75) is 0 Å². The van der Waals surface area contributed by atoms with E-state index in [-0.39, 0.29) is 5.78 Å². The standard InChI is InChI=1S/C17H10O/c18-17-14-8-4-2-6-12(14)9-15-13-7-3-1-5-11(13)10-16(15)17/h1-10H. The van der Waals surface area contributed by atoms with Gasteiger partial charge < -0.3 is 0 Å². The van der Waals surface area contributed by atoms with E-state index in [0.29, 0.717) is 0 Å². The maximum atomic E-state index is 12.5. The summed E-state index contributed by atoms with van der Waals surface area (Å²) in [4.78, 5) is 12.5. The SMILES string of the molecule is O=C1C2=Cc3ccccc3C2=Cc2ccccc21. The minimum absolute atomic E-state index is 0.138. The number of carbonyl (C=O) groups is 1. The van der Waals surface area contributed by atoms with Gasteiger partial charge in [-0.2, -0.15) is 0 Å². The van der Waals surface area contributed by atoms with Gasteiger partial charge in [0, 0.05) is 11.1 Å². The highest BCUT2D eigenvalue weighted by atomic mass is 16.1. The van der Waals surface area contributed by atoms with Gasteiger partial charge in [-0.15, -0.1) is 0 Å². The first kappa shape index (κ1) is 9.60. The average molecular weight is 230 g/mol. The lowest BCUT2D eigenvalue weighted by atomic mass is 9.87. The van der Waals surface area contributed by atoms with Gasteiger partial charge in [0.1, 0.15) is 0 Å². The average Bonchev–Trinajstić information content (AvgIpc) is 2.79. The van der Waals surface area contributed by atoms with Gasteiger partial charge in [-0.3, -0.25) is 4.79 Å². The molecular weight excluding hydrogens is 220 g/mol. The highest BCUT2D eigenvalue weighted by Crippen LogP contribution is 2.41. The Morgan fingerprint density at radius 1 is 0.611 bits per heavy atom. The second kappa shape index (κ2) is 3.30. The second-order valence-electron chi connectivity index (χ2n) is 4.62. The molecule has 0 N–H and O–H groups in total. The van der Waals surface area contributed by atoms with E-state index in [0.717, 1.165) is 33.4 Å². The largest absolute Gasteiger partial charge is 0.289 e. The van der Waals surface area contributed by atoms with Gasteiger partial charge in [0.2, 0.25) is 0 Å². The van der Waals surface area contributed by atoms with E-state index >= 15 is 0 Å². The topological polar surface area (TPSA) is 17.1 Å². The molecule has 0 heterocycles. The maximum Gasteiger partial charge on any atom is 0.194 e. The number of ketones is 1. The van der Waals surface area contributed by atoms with Crippen molar-refractivity contribution in [3.05, 3.63) is 76.4 Å². The zero-order valence-corrected chi connectivity index (χ0v) is 9.68. The van der Waals surface area contributed by atoms with E-state index in [1.54, 1.807) is 0 Å². The Labute approximate surface area is 105 Å². The molecule has 4 rings (SSSR count). The lowest BCUT2D eigenvalue weighted by Crippen LogP contribution is -2.09. The Bertz CT molecular complexity index is 748. The van der Waals surface area contributed by atoms with E-state index in [1.807, 2.05) is 42.5 Å². The van der Waals surface area contributed by atoms with Gasteiger partial charge in [-0.25, -0.2) is 0 Å². The molecule has 84 valence electrons. The zero-order valence-electron chi connectivity index (χ0n) is 9.68. The van der Waals surface area contributed by atoms with Crippen LogP contribution in [0.1, 0.15) is 27.0 Å². The molecule has 0 saturated carbocycles. The molecule has 0 unspecified atom stereocenters. The van der Waals surface area contributed by atoms with Crippen molar-refractivity contribution in [1.29, 1.82) is 0 Å². The van der Waals surface area contributed by atoms with Crippen LogP contribution in [0.5, 0.6) is 0 Å². The van der Waals surface area contributed by atoms with E-state index in [1.165, 1.54) is 0 Å². The molecule has 2 aromatic rings. The van der Waals surface area contributed by atoms with Crippen LogP contribution in [0.15, 0.2) is 54.1 Å². The van der Waals surface area contributed by atoms with Crippen LogP contribution < -0.4 is 0 Å². The number of fused-ring (bicyclic) bond motifs is 4. The smallest absolute Gasteiger partial charge is 0.194 e. The number of hydrogen-bond donors (Lipinski definition) is 0. The molecule has 2 aromatic carbocycles. The molecule has 0 aromatic heterocycles. The Hall–Kier alpha value is -2.41. The molecule has 0 amide bonds. The fourth-order valence-corrected chi connectivity index (χ4v) is 2.72. The van der Waals surface area contributed by atoms with Crippen LogP contribution in [0.25, 0.3) is 17.7 Å². The first-order chi connectivity index (χ1) is 8.84. The first-order valence-corrected chi connectivity index (χ1v) is 6.01. The normalized spacial score (nSPS) is 15.4. The fourth-order valence-electron chi connectivity index (χ4n) is 2.72. The molecule has 0 bridgehead atoms. The Morgan fingerprint density at radius 2 is 1.17 bits per heavy atom. The molecule has 2 aliphatic rings.